The SMILES string of the molecule is CCNC(=NCCc1ccc(OC)c(F)c1)N1CCS(=O)(=O)C(C)(C)C1.I. The Bertz CT molecular complexity index is 769. The number of ether oxygens (including phenoxy) is 1. The van der Waals surface area contributed by atoms with Gasteiger partial charge < -0.3 is 15.0 Å². The summed E-state index contributed by atoms with van der Waals surface area (Å²) in [5, 5.41) is 3.22. The molecule has 1 saturated heterocycles. The zero-order chi connectivity index (χ0) is 19.4. The molecule has 1 aromatic rings. The van der Waals surface area contributed by atoms with E-state index < -0.39 is 14.6 Å². The van der Waals surface area contributed by atoms with E-state index in [1.807, 2.05) is 17.9 Å². The van der Waals surface area contributed by atoms with Crippen molar-refractivity contribution in [3.8, 4) is 5.75 Å². The molecule has 27 heavy (non-hydrogen) atoms. The van der Waals surface area contributed by atoms with E-state index in [1.54, 1.807) is 19.9 Å². The van der Waals surface area contributed by atoms with E-state index in [4.69, 9.17) is 4.74 Å². The van der Waals surface area contributed by atoms with Crippen LogP contribution in [0, 0.1) is 5.82 Å². The molecule has 1 fully saturated rings. The van der Waals surface area contributed by atoms with Crippen LogP contribution in [0.2, 0.25) is 0 Å². The number of halogens is 2. The summed E-state index contributed by atoms with van der Waals surface area (Å²) in [6.07, 6.45) is 0.589. The Morgan fingerprint density at radius 1 is 1.41 bits per heavy atom. The van der Waals surface area contributed by atoms with Gasteiger partial charge in [0.25, 0.3) is 0 Å². The van der Waals surface area contributed by atoms with Gasteiger partial charge in [-0.15, -0.1) is 24.0 Å². The Hall–Kier alpha value is -1.10. The standard InChI is InChI=1S/C18H28FN3O3S.HI/c1-5-20-17(22-10-11-26(23,24)18(2,3)13-22)21-9-8-14-6-7-16(25-4)15(19)12-14;/h6-7,12H,5,8-11,13H2,1-4H3,(H,20,21);1H. The Kier molecular flexibility index (Phi) is 8.78. The lowest BCUT2D eigenvalue weighted by Gasteiger charge is -2.39. The van der Waals surface area contributed by atoms with Crippen molar-refractivity contribution in [2.75, 3.05) is 39.0 Å². The number of aliphatic imine (C=N–C) groups is 1. The van der Waals surface area contributed by atoms with E-state index in [2.05, 4.69) is 10.3 Å². The zero-order valence-corrected chi connectivity index (χ0v) is 19.4. The molecule has 1 aromatic carbocycles. The Morgan fingerprint density at radius 3 is 2.67 bits per heavy atom. The molecule has 154 valence electrons. The highest BCUT2D eigenvalue weighted by molar-refractivity contribution is 14.0. The predicted molar refractivity (Wildman–Crippen MR) is 117 cm³/mol. The van der Waals surface area contributed by atoms with Crippen LogP contribution in [0.3, 0.4) is 0 Å². The van der Waals surface area contributed by atoms with Crippen LogP contribution in [0.1, 0.15) is 26.3 Å². The molecule has 0 aliphatic carbocycles. The van der Waals surface area contributed by atoms with Crippen LogP contribution in [0.15, 0.2) is 23.2 Å². The highest BCUT2D eigenvalue weighted by Gasteiger charge is 2.40. The molecule has 0 aromatic heterocycles. The topological polar surface area (TPSA) is 71.0 Å². The molecule has 1 heterocycles. The monoisotopic (exact) mass is 513 g/mol. The molecule has 1 aliphatic rings. The molecule has 0 atom stereocenters. The second-order valence-corrected chi connectivity index (χ2v) is 9.70. The second-order valence-electron chi connectivity index (χ2n) is 6.95. The molecule has 0 radical (unpaired) electrons. The molecule has 9 heteroatoms. The van der Waals surface area contributed by atoms with E-state index in [-0.39, 0.29) is 41.3 Å². The Labute approximate surface area is 178 Å². The van der Waals surface area contributed by atoms with Gasteiger partial charge in [-0.3, -0.25) is 4.99 Å². The van der Waals surface area contributed by atoms with Crippen LogP contribution in [0.25, 0.3) is 0 Å². The van der Waals surface area contributed by atoms with Crippen molar-refractivity contribution in [1.29, 1.82) is 0 Å². The summed E-state index contributed by atoms with van der Waals surface area (Å²) in [4.78, 5) is 6.59. The van der Waals surface area contributed by atoms with Gasteiger partial charge in [0.05, 0.1) is 17.6 Å². The smallest absolute Gasteiger partial charge is 0.194 e. The second kappa shape index (κ2) is 9.90. The lowest BCUT2D eigenvalue weighted by molar-refractivity contribution is 0.353. The highest BCUT2D eigenvalue weighted by Crippen LogP contribution is 2.24. The molecule has 0 saturated carbocycles. The number of sulfone groups is 1. The van der Waals surface area contributed by atoms with Crippen molar-refractivity contribution in [2.24, 2.45) is 4.99 Å². The number of hydrogen-bond donors (Lipinski definition) is 1. The summed E-state index contributed by atoms with van der Waals surface area (Å²) >= 11 is 0. The summed E-state index contributed by atoms with van der Waals surface area (Å²) in [5.41, 5.74) is 0.837. The molecular formula is C18H29FIN3O3S. The summed E-state index contributed by atoms with van der Waals surface area (Å²) in [6, 6.07) is 4.89. The molecule has 6 nitrogen and oxygen atoms in total. The Morgan fingerprint density at radius 2 is 2.11 bits per heavy atom. The van der Waals surface area contributed by atoms with Crippen molar-refractivity contribution in [3.05, 3.63) is 29.6 Å². The van der Waals surface area contributed by atoms with E-state index in [9.17, 15) is 12.8 Å². The van der Waals surface area contributed by atoms with Crippen molar-refractivity contribution in [3.63, 3.8) is 0 Å². The van der Waals surface area contributed by atoms with Crippen LogP contribution in [-0.2, 0) is 16.3 Å². The van der Waals surface area contributed by atoms with Gasteiger partial charge in [0.2, 0.25) is 0 Å². The van der Waals surface area contributed by atoms with Crippen LogP contribution < -0.4 is 10.1 Å². The number of rotatable bonds is 5. The first-order valence-corrected chi connectivity index (χ1v) is 10.4. The van der Waals surface area contributed by atoms with Crippen LogP contribution in [0.4, 0.5) is 4.39 Å². The zero-order valence-electron chi connectivity index (χ0n) is 16.3. The Balaban J connectivity index is 0.00000364. The number of benzene rings is 1. The summed E-state index contributed by atoms with van der Waals surface area (Å²) in [5.74, 6) is 0.657. The van der Waals surface area contributed by atoms with E-state index in [0.717, 1.165) is 5.56 Å². The molecule has 1 aliphatic heterocycles. The third-order valence-corrected chi connectivity index (χ3v) is 7.09. The summed E-state index contributed by atoms with van der Waals surface area (Å²) in [7, 11) is -1.66. The van der Waals surface area contributed by atoms with Crippen molar-refractivity contribution in [2.45, 2.75) is 31.9 Å². The third kappa shape index (κ3) is 5.94. The number of nitrogens with one attached hydrogen (secondary N) is 1. The van der Waals surface area contributed by atoms with Gasteiger partial charge in [-0.05, 0) is 44.9 Å². The first-order valence-electron chi connectivity index (χ1n) is 8.78. The van der Waals surface area contributed by atoms with Crippen LogP contribution in [0.5, 0.6) is 5.75 Å². The highest BCUT2D eigenvalue weighted by atomic mass is 127. The minimum Gasteiger partial charge on any atom is -0.494 e. The molecule has 0 bridgehead atoms. The normalized spacial score (nSPS) is 18.6. The van der Waals surface area contributed by atoms with Gasteiger partial charge in [-0.25, -0.2) is 12.8 Å². The number of hydrogen-bond acceptors (Lipinski definition) is 4. The lowest BCUT2D eigenvalue weighted by atomic mass is 10.1. The van der Waals surface area contributed by atoms with Gasteiger partial charge in [0, 0.05) is 26.2 Å². The minimum absolute atomic E-state index is 0. The molecule has 0 unspecified atom stereocenters. The maximum atomic E-state index is 13.8. The first-order chi connectivity index (χ1) is 12.2. The van der Waals surface area contributed by atoms with Crippen molar-refractivity contribution < 1.29 is 17.5 Å². The average Bonchev–Trinajstić information content (AvgIpc) is 2.57. The number of methoxy groups -OCH3 is 1. The molecule has 2 rings (SSSR count). The van der Waals surface area contributed by atoms with E-state index in [1.165, 1.54) is 13.2 Å². The van der Waals surface area contributed by atoms with Gasteiger partial charge in [0.15, 0.2) is 27.4 Å². The van der Waals surface area contributed by atoms with Gasteiger partial charge >= 0.3 is 0 Å². The van der Waals surface area contributed by atoms with Gasteiger partial charge in [-0.2, -0.15) is 0 Å². The molecule has 0 amide bonds. The van der Waals surface area contributed by atoms with Crippen molar-refractivity contribution >= 4 is 39.8 Å². The first kappa shape index (κ1) is 23.9. The summed E-state index contributed by atoms with van der Waals surface area (Å²) in [6.45, 7) is 7.47. The fourth-order valence-corrected chi connectivity index (χ4v) is 4.27. The summed E-state index contributed by atoms with van der Waals surface area (Å²) < 4.78 is 42.2. The third-order valence-electron chi connectivity index (χ3n) is 4.56. The van der Waals surface area contributed by atoms with Gasteiger partial charge in [-0.1, -0.05) is 6.07 Å². The number of nitrogens with zero attached hydrogens (tertiary/aromatic N) is 2. The molecule has 1 N–H and O–H groups in total. The maximum absolute atomic E-state index is 13.8. The number of guanidine groups is 1. The fourth-order valence-electron chi connectivity index (χ4n) is 2.91. The maximum Gasteiger partial charge on any atom is 0.194 e. The van der Waals surface area contributed by atoms with E-state index in [0.29, 0.717) is 38.6 Å². The average molecular weight is 513 g/mol. The lowest BCUT2D eigenvalue weighted by Crippen LogP contribution is -2.57. The predicted octanol–water partition coefficient (Wildman–Crippen LogP) is 2.47. The van der Waals surface area contributed by atoms with Gasteiger partial charge in [0.1, 0.15) is 0 Å². The largest absolute Gasteiger partial charge is 0.494 e. The quantitative estimate of drug-likeness (QED) is 0.372. The van der Waals surface area contributed by atoms with Crippen LogP contribution >= 0.6 is 24.0 Å². The van der Waals surface area contributed by atoms with E-state index >= 15 is 0 Å². The van der Waals surface area contributed by atoms with Crippen molar-refractivity contribution in [1.82, 2.24) is 10.2 Å². The molecule has 0 spiro atoms. The molecular weight excluding hydrogens is 484 g/mol. The van der Waals surface area contributed by atoms with Crippen LogP contribution in [-0.4, -0.2) is 63.1 Å². The minimum atomic E-state index is -3.10. The fraction of sp³-hybridized carbons (Fsp3) is 0.611.